The summed E-state index contributed by atoms with van der Waals surface area (Å²) < 4.78 is 47.3. The van der Waals surface area contributed by atoms with Gasteiger partial charge in [0.2, 0.25) is 0 Å². The molecule has 0 fully saturated rings. The zero-order valence-corrected chi connectivity index (χ0v) is 7.30. The first-order valence-corrected chi connectivity index (χ1v) is 3.18. The summed E-state index contributed by atoms with van der Waals surface area (Å²) in [5, 5.41) is 7.35. The highest BCUT2D eigenvalue weighted by Crippen LogP contribution is 2.16. The van der Waals surface area contributed by atoms with Gasteiger partial charge in [0.15, 0.2) is 6.67 Å². The second kappa shape index (κ2) is 6.74. The summed E-state index contributed by atoms with van der Waals surface area (Å²) in [6.45, 7) is -0.566. The molecule has 0 saturated heterocycles. The van der Waals surface area contributed by atoms with E-state index in [4.69, 9.17) is 9.90 Å². The Hall–Kier alpha value is -1.67. The van der Waals surface area contributed by atoms with Gasteiger partial charge in [0.05, 0.1) is 0 Å². The van der Waals surface area contributed by atoms with Crippen molar-refractivity contribution in [1.29, 1.82) is 0 Å². The third-order valence-corrected chi connectivity index (χ3v) is 0.582. The Balaban J connectivity index is 0. The molecule has 1 N–H and O–H groups in total. The third-order valence-electron chi connectivity index (χ3n) is 0.582. The number of ether oxygens (including phenoxy) is 1. The Morgan fingerprint density at radius 3 is 1.67 bits per heavy atom. The van der Waals surface area contributed by atoms with Crippen LogP contribution >= 0.6 is 0 Å². The van der Waals surface area contributed by atoms with Crippen LogP contribution in [0.15, 0.2) is 0 Å². The second-order valence-electron chi connectivity index (χ2n) is 1.91. The summed E-state index contributed by atoms with van der Waals surface area (Å²) in [6.07, 6.45) is -5.09. The number of aliphatic carboxylic acids is 1. The van der Waals surface area contributed by atoms with Crippen LogP contribution in [-0.2, 0) is 19.1 Å². The fraction of sp³-hybridized carbons (Fsp3) is 0.500. The smallest absolute Gasteiger partial charge is 0.479 e. The molecule has 0 unspecified atom stereocenters. The molecule has 0 radical (unpaired) electrons. The Labute approximate surface area is 80.6 Å². The molecule has 0 rings (SSSR count). The van der Waals surface area contributed by atoms with Crippen LogP contribution in [0, 0.1) is 0 Å². The zero-order chi connectivity index (χ0) is 12.6. The number of carboxylic acids is 1. The van der Waals surface area contributed by atoms with Crippen molar-refractivity contribution in [3.63, 3.8) is 0 Å². The van der Waals surface area contributed by atoms with Gasteiger partial charge in [0.1, 0.15) is 0 Å². The molecule has 0 aliphatic rings. The normalized spacial score (nSPS) is 9.67. The molecule has 0 bridgehead atoms. The summed E-state index contributed by atoms with van der Waals surface area (Å²) in [4.78, 5) is 28.5. The minimum absolute atomic E-state index is 0.712. The molecule has 88 valence electrons. The van der Waals surface area contributed by atoms with E-state index in [1.807, 2.05) is 0 Å². The third kappa shape index (κ3) is 12.3. The molecule has 0 aliphatic carbocycles. The molecule has 0 aromatic heterocycles. The van der Waals surface area contributed by atoms with Gasteiger partial charge in [0, 0.05) is 6.92 Å². The number of hydrogen-bond acceptors (Lipinski definition) is 4. The number of carboxylic acid groups (broad SMARTS) is 1. The van der Waals surface area contributed by atoms with Gasteiger partial charge in [-0.05, 0) is 0 Å². The van der Waals surface area contributed by atoms with Gasteiger partial charge in [-0.15, -0.1) is 0 Å². The lowest BCUT2D eigenvalue weighted by Crippen LogP contribution is -2.26. The lowest BCUT2D eigenvalue weighted by Gasteiger charge is -2.01. The number of halogens is 4. The predicted molar refractivity (Wildman–Crippen MR) is 36.4 cm³/mol. The van der Waals surface area contributed by atoms with Crippen LogP contribution in [-0.4, -0.2) is 35.9 Å². The van der Waals surface area contributed by atoms with E-state index in [2.05, 4.69) is 4.74 Å². The van der Waals surface area contributed by atoms with Gasteiger partial charge in [0.25, 0.3) is 0 Å². The number of esters is 2. The van der Waals surface area contributed by atoms with E-state index in [-0.39, 0.29) is 0 Å². The van der Waals surface area contributed by atoms with Crippen LogP contribution in [0.5, 0.6) is 0 Å². The van der Waals surface area contributed by atoms with E-state index in [9.17, 15) is 27.2 Å². The largest absolute Gasteiger partial charge is 0.491 e. The molecule has 0 aliphatic heterocycles. The maximum Gasteiger partial charge on any atom is 0.491 e. The van der Waals surface area contributed by atoms with Crippen molar-refractivity contribution in [2.45, 2.75) is 13.1 Å². The molecule has 0 aromatic rings. The van der Waals surface area contributed by atoms with Crippen LogP contribution in [0.3, 0.4) is 0 Å². The van der Waals surface area contributed by atoms with Crippen molar-refractivity contribution in [3.05, 3.63) is 0 Å². The molecule has 9 heteroatoms. The molecule has 15 heavy (non-hydrogen) atoms. The van der Waals surface area contributed by atoms with Crippen LogP contribution in [0.2, 0.25) is 0 Å². The first kappa shape index (κ1) is 15.8. The highest BCUT2D eigenvalue weighted by atomic mass is 19.4. The summed E-state index contributed by atoms with van der Waals surface area (Å²) in [5.41, 5.74) is 0. The van der Waals surface area contributed by atoms with Gasteiger partial charge < -0.3 is 9.84 Å². The highest BCUT2D eigenvalue weighted by Gasteiger charge is 2.41. The molecule has 0 heterocycles. The number of carbonyl (C=O) groups is 3. The van der Waals surface area contributed by atoms with Crippen LogP contribution < -0.4 is 0 Å². The first-order chi connectivity index (χ1) is 6.61. The van der Waals surface area contributed by atoms with E-state index in [0.29, 0.717) is 6.92 Å². The van der Waals surface area contributed by atoms with Gasteiger partial charge in [-0.25, -0.2) is 14.0 Å². The molecule has 0 aromatic carbocycles. The number of carbonyl (C=O) groups excluding carboxylic acids is 2. The molecular formula is C6H6F4O5. The van der Waals surface area contributed by atoms with E-state index < -0.39 is 30.8 Å². The SMILES string of the molecule is CC(=O)OC(=O)C(F)(F)F.O=C(O)CF. The monoisotopic (exact) mass is 234 g/mol. The van der Waals surface area contributed by atoms with Gasteiger partial charge >= 0.3 is 24.1 Å². The summed E-state index contributed by atoms with van der Waals surface area (Å²) in [5.74, 6) is -5.17. The van der Waals surface area contributed by atoms with Gasteiger partial charge in [-0.2, -0.15) is 13.2 Å². The molecule has 0 amide bonds. The van der Waals surface area contributed by atoms with Crippen molar-refractivity contribution < 1.29 is 41.8 Å². The van der Waals surface area contributed by atoms with E-state index in [1.54, 1.807) is 0 Å². The fourth-order valence-corrected chi connectivity index (χ4v) is 0.188. The first-order valence-electron chi connectivity index (χ1n) is 3.18. The quantitative estimate of drug-likeness (QED) is 0.410. The molecular weight excluding hydrogens is 228 g/mol. The van der Waals surface area contributed by atoms with Crippen LogP contribution in [0.4, 0.5) is 17.6 Å². The van der Waals surface area contributed by atoms with Gasteiger partial charge in [-0.1, -0.05) is 0 Å². The number of hydrogen-bond donors (Lipinski definition) is 1. The van der Waals surface area contributed by atoms with Crippen LogP contribution in [0.1, 0.15) is 6.92 Å². The van der Waals surface area contributed by atoms with Crippen LogP contribution in [0.25, 0.3) is 0 Å². The summed E-state index contributed by atoms with van der Waals surface area (Å²) in [7, 11) is 0. The van der Waals surface area contributed by atoms with Crippen molar-refractivity contribution in [1.82, 2.24) is 0 Å². The lowest BCUT2D eigenvalue weighted by molar-refractivity contribution is -0.201. The van der Waals surface area contributed by atoms with E-state index in [0.717, 1.165) is 0 Å². The maximum absolute atomic E-state index is 11.2. The Morgan fingerprint density at radius 2 is 1.60 bits per heavy atom. The minimum atomic E-state index is -5.09. The number of alkyl halides is 4. The standard InChI is InChI=1S/C4H3F3O3.C2H3FO2/c1-2(8)10-3(9)4(5,6)7;3-1-2(4)5/h1H3;1H2,(H,4,5). The Bertz CT molecular complexity index is 246. The van der Waals surface area contributed by atoms with Crippen molar-refractivity contribution in [3.8, 4) is 0 Å². The van der Waals surface area contributed by atoms with Crippen molar-refractivity contribution >= 4 is 17.9 Å². The zero-order valence-electron chi connectivity index (χ0n) is 7.30. The summed E-state index contributed by atoms with van der Waals surface area (Å²) >= 11 is 0. The van der Waals surface area contributed by atoms with Crippen molar-refractivity contribution in [2.75, 3.05) is 6.67 Å². The summed E-state index contributed by atoms with van der Waals surface area (Å²) in [6, 6.07) is 0. The lowest BCUT2D eigenvalue weighted by atomic mass is 10.6. The fourth-order valence-electron chi connectivity index (χ4n) is 0.188. The molecule has 0 saturated carbocycles. The Morgan fingerprint density at radius 1 is 1.27 bits per heavy atom. The number of rotatable bonds is 1. The van der Waals surface area contributed by atoms with Gasteiger partial charge in [-0.3, -0.25) is 4.79 Å². The van der Waals surface area contributed by atoms with Crippen molar-refractivity contribution in [2.24, 2.45) is 0 Å². The van der Waals surface area contributed by atoms with E-state index in [1.165, 1.54) is 0 Å². The molecule has 0 atom stereocenters. The highest BCUT2D eigenvalue weighted by molar-refractivity contribution is 5.87. The topological polar surface area (TPSA) is 80.7 Å². The van der Waals surface area contributed by atoms with E-state index >= 15 is 0 Å². The second-order valence-corrected chi connectivity index (χ2v) is 1.91. The Kier molecular flexibility index (Phi) is 7.09. The predicted octanol–water partition coefficient (Wildman–Crippen LogP) is 0.679. The average molecular weight is 234 g/mol. The minimum Gasteiger partial charge on any atom is -0.479 e. The average Bonchev–Trinajstić information content (AvgIpc) is 2.02. The molecule has 0 spiro atoms. The molecule has 5 nitrogen and oxygen atoms in total. The maximum atomic E-state index is 11.2.